The van der Waals surface area contributed by atoms with E-state index in [4.69, 9.17) is 5.73 Å². The molecule has 0 amide bonds. The van der Waals surface area contributed by atoms with Crippen molar-refractivity contribution in [1.29, 1.82) is 0 Å². The summed E-state index contributed by atoms with van der Waals surface area (Å²) in [7, 11) is 0. The smallest absolute Gasteiger partial charge is 0.330 e. The van der Waals surface area contributed by atoms with Crippen molar-refractivity contribution in [3.8, 4) is 0 Å². The van der Waals surface area contributed by atoms with Crippen LogP contribution in [-0.4, -0.2) is 17.7 Å². The molecule has 0 radical (unpaired) electrons. The second-order valence-corrected chi connectivity index (χ2v) is 3.38. The highest BCUT2D eigenvalue weighted by Crippen LogP contribution is 2.31. The molecule has 1 atom stereocenters. The number of alkyl halides is 3. The summed E-state index contributed by atoms with van der Waals surface area (Å²) in [4.78, 5) is 3.78. The van der Waals surface area contributed by atoms with Gasteiger partial charge in [-0.25, -0.2) is 0 Å². The topological polar surface area (TPSA) is 38.9 Å². The second kappa shape index (κ2) is 5.11. The molecule has 1 rings (SSSR count). The Morgan fingerprint density at radius 1 is 1.40 bits per heavy atom. The number of hydrogen-bond donors (Lipinski definition) is 1. The summed E-state index contributed by atoms with van der Waals surface area (Å²) in [6.07, 6.45) is -1.29. The highest BCUT2D eigenvalue weighted by Gasteiger charge is 2.38. The van der Waals surface area contributed by atoms with E-state index in [1.54, 1.807) is 12.1 Å². The van der Waals surface area contributed by atoms with Crippen LogP contribution in [0.15, 0.2) is 24.5 Å². The number of aromatic nitrogens is 1. The Balaban J connectivity index is 2.67. The van der Waals surface area contributed by atoms with Crippen molar-refractivity contribution < 1.29 is 13.2 Å². The van der Waals surface area contributed by atoms with Crippen molar-refractivity contribution in [2.24, 2.45) is 11.7 Å². The lowest BCUT2D eigenvalue weighted by atomic mass is 9.97. The van der Waals surface area contributed by atoms with Gasteiger partial charge in [-0.1, -0.05) is 6.07 Å². The van der Waals surface area contributed by atoms with Crippen LogP contribution >= 0.6 is 0 Å². The van der Waals surface area contributed by atoms with Gasteiger partial charge < -0.3 is 5.73 Å². The fraction of sp³-hybridized carbons (Fsp3) is 0.500. The van der Waals surface area contributed by atoms with E-state index in [-0.39, 0.29) is 19.4 Å². The van der Waals surface area contributed by atoms with Crippen LogP contribution in [0.25, 0.3) is 0 Å². The van der Waals surface area contributed by atoms with Gasteiger partial charge in [-0.15, -0.1) is 0 Å². The molecule has 15 heavy (non-hydrogen) atoms. The Kier molecular flexibility index (Phi) is 4.08. The summed E-state index contributed by atoms with van der Waals surface area (Å²) < 4.78 is 37.6. The molecule has 0 spiro atoms. The molecule has 0 aromatic carbocycles. The Morgan fingerprint density at radius 3 is 2.60 bits per heavy atom. The Hall–Kier alpha value is -1.10. The Morgan fingerprint density at radius 2 is 2.13 bits per heavy atom. The van der Waals surface area contributed by atoms with E-state index >= 15 is 0 Å². The number of hydrogen-bond acceptors (Lipinski definition) is 2. The predicted octanol–water partition coefficient (Wildman–Crippen LogP) is 2.15. The van der Waals surface area contributed by atoms with Crippen LogP contribution in [0.3, 0.4) is 0 Å². The molecular formula is C10H13F3N2. The summed E-state index contributed by atoms with van der Waals surface area (Å²) in [5.41, 5.74) is 5.76. The molecule has 0 bridgehead atoms. The van der Waals surface area contributed by atoms with Crippen LogP contribution in [-0.2, 0) is 6.42 Å². The van der Waals surface area contributed by atoms with Crippen molar-refractivity contribution in [3.63, 3.8) is 0 Å². The summed E-state index contributed by atoms with van der Waals surface area (Å²) in [6, 6.07) is 3.27. The average molecular weight is 218 g/mol. The first kappa shape index (κ1) is 12.0. The maximum atomic E-state index is 12.5. The zero-order chi connectivity index (χ0) is 11.3. The molecule has 2 N–H and O–H groups in total. The largest absolute Gasteiger partial charge is 0.392 e. The van der Waals surface area contributed by atoms with Crippen molar-refractivity contribution in [2.45, 2.75) is 19.0 Å². The lowest BCUT2D eigenvalue weighted by molar-refractivity contribution is -0.175. The number of rotatable bonds is 4. The molecule has 0 aliphatic heterocycles. The lowest BCUT2D eigenvalue weighted by Gasteiger charge is -2.19. The molecule has 1 aromatic rings. The number of pyridine rings is 1. The van der Waals surface area contributed by atoms with Crippen molar-refractivity contribution in [2.75, 3.05) is 6.54 Å². The molecule has 0 saturated carbocycles. The van der Waals surface area contributed by atoms with Gasteiger partial charge in [-0.05, 0) is 31.0 Å². The van der Waals surface area contributed by atoms with Gasteiger partial charge in [0.1, 0.15) is 0 Å². The zero-order valence-electron chi connectivity index (χ0n) is 8.17. The molecule has 0 aliphatic rings. The standard InChI is InChI=1S/C10H13F3N2/c11-10(12,13)9(3-4-14)6-8-2-1-5-15-7-8/h1-2,5,7,9H,3-4,6,14H2. The van der Waals surface area contributed by atoms with Crippen LogP contribution in [0.5, 0.6) is 0 Å². The molecule has 2 nitrogen and oxygen atoms in total. The Labute approximate surface area is 86.3 Å². The molecule has 0 saturated heterocycles. The van der Waals surface area contributed by atoms with Crippen molar-refractivity contribution in [3.05, 3.63) is 30.1 Å². The van der Waals surface area contributed by atoms with Crippen molar-refractivity contribution in [1.82, 2.24) is 4.98 Å². The molecule has 1 unspecified atom stereocenters. The maximum Gasteiger partial charge on any atom is 0.392 e. The van der Waals surface area contributed by atoms with Crippen molar-refractivity contribution >= 4 is 0 Å². The lowest BCUT2D eigenvalue weighted by Crippen LogP contribution is -2.27. The SMILES string of the molecule is NCCC(Cc1cccnc1)C(F)(F)F. The minimum Gasteiger partial charge on any atom is -0.330 e. The maximum absolute atomic E-state index is 12.5. The quantitative estimate of drug-likeness (QED) is 0.841. The van der Waals surface area contributed by atoms with Crippen LogP contribution in [0.1, 0.15) is 12.0 Å². The molecule has 1 heterocycles. The number of nitrogens with zero attached hydrogens (tertiary/aromatic N) is 1. The highest BCUT2D eigenvalue weighted by molar-refractivity contribution is 5.09. The van der Waals surface area contributed by atoms with Crippen LogP contribution < -0.4 is 5.73 Å². The number of halogens is 3. The molecule has 0 fully saturated rings. The fourth-order valence-corrected chi connectivity index (χ4v) is 1.39. The predicted molar refractivity (Wildman–Crippen MR) is 51.2 cm³/mol. The normalized spacial score (nSPS) is 13.9. The van der Waals surface area contributed by atoms with Gasteiger partial charge in [0, 0.05) is 12.4 Å². The monoisotopic (exact) mass is 218 g/mol. The molecule has 1 aromatic heterocycles. The Bertz CT molecular complexity index is 284. The molecule has 84 valence electrons. The first-order valence-electron chi connectivity index (χ1n) is 4.69. The summed E-state index contributed by atoms with van der Waals surface area (Å²) in [6.45, 7) is 0.0461. The van der Waals surface area contributed by atoms with Crippen LogP contribution in [0.2, 0.25) is 0 Å². The third-order valence-electron chi connectivity index (χ3n) is 2.18. The van der Waals surface area contributed by atoms with E-state index in [0.717, 1.165) is 0 Å². The highest BCUT2D eigenvalue weighted by atomic mass is 19.4. The van der Waals surface area contributed by atoms with E-state index in [2.05, 4.69) is 4.98 Å². The zero-order valence-corrected chi connectivity index (χ0v) is 8.17. The summed E-state index contributed by atoms with van der Waals surface area (Å²) in [5, 5.41) is 0. The van der Waals surface area contributed by atoms with Gasteiger partial charge in [0.15, 0.2) is 0 Å². The van der Waals surface area contributed by atoms with Crippen LogP contribution in [0.4, 0.5) is 13.2 Å². The molecule has 0 aliphatic carbocycles. The third kappa shape index (κ3) is 3.87. The average Bonchev–Trinajstić information content (AvgIpc) is 2.17. The van der Waals surface area contributed by atoms with Gasteiger partial charge in [-0.2, -0.15) is 13.2 Å². The van der Waals surface area contributed by atoms with Gasteiger partial charge in [0.25, 0.3) is 0 Å². The fourth-order valence-electron chi connectivity index (χ4n) is 1.39. The first-order valence-corrected chi connectivity index (χ1v) is 4.69. The van der Waals surface area contributed by atoms with E-state index in [0.29, 0.717) is 5.56 Å². The summed E-state index contributed by atoms with van der Waals surface area (Å²) in [5.74, 6) is -1.37. The number of nitrogens with two attached hydrogens (primary N) is 1. The van der Waals surface area contributed by atoms with E-state index < -0.39 is 12.1 Å². The summed E-state index contributed by atoms with van der Waals surface area (Å²) >= 11 is 0. The molecular weight excluding hydrogens is 205 g/mol. The second-order valence-electron chi connectivity index (χ2n) is 3.38. The third-order valence-corrected chi connectivity index (χ3v) is 2.18. The van der Waals surface area contributed by atoms with Crippen LogP contribution in [0, 0.1) is 5.92 Å². The minimum absolute atomic E-state index is 0.0433. The van der Waals surface area contributed by atoms with Gasteiger partial charge in [0.2, 0.25) is 0 Å². The van der Waals surface area contributed by atoms with E-state index in [1.165, 1.54) is 12.4 Å². The molecule has 5 heteroatoms. The minimum atomic E-state index is -4.19. The first-order chi connectivity index (χ1) is 7.04. The van der Waals surface area contributed by atoms with E-state index in [9.17, 15) is 13.2 Å². The van der Waals surface area contributed by atoms with E-state index in [1.807, 2.05) is 0 Å². The van der Waals surface area contributed by atoms with Gasteiger partial charge in [0.05, 0.1) is 5.92 Å². The van der Waals surface area contributed by atoms with Gasteiger partial charge >= 0.3 is 6.18 Å². The van der Waals surface area contributed by atoms with Gasteiger partial charge in [-0.3, -0.25) is 4.98 Å².